The molecule has 1 aliphatic rings. The fourth-order valence-corrected chi connectivity index (χ4v) is 4.00. The number of hydrogen-bond acceptors (Lipinski definition) is 7. The monoisotopic (exact) mass is 432 g/mol. The molecule has 5 rings (SSSR count). The average Bonchev–Trinajstić information content (AvgIpc) is 3.45. The maximum Gasteiger partial charge on any atom is 0.245 e. The highest BCUT2D eigenvalue weighted by Gasteiger charge is 2.15. The topological polar surface area (TPSA) is 86.8 Å². The Balaban J connectivity index is 1.37. The summed E-state index contributed by atoms with van der Waals surface area (Å²) in [5.74, 6) is 0.540. The molecule has 1 aromatic carbocycles. The lowest BCUT2D eigenvalue weighted by Gasteiger charge is -2.34. The lowest BCUT2D eigenvalue weighted by molar-refractivity contribution is 0.277. The van der Waals surface area contributed by atoms with E-state index in [1.807, 2.05) is 46.0 Å². The van der Waals surface area contributed by atoms with Gasteiger partial charge in [0.15, 0.2) is 0 Å². The van der Waals surface area contributed by atoms with Crippen LogP contribution in [0.25, 0.3) is 16.8 Å². The highest BCUT2D eigenvalue weighted by Crippen LogP contribution is 2.24. The van der Waals surface area contributed by atoms with Crippen LogP contribution in [-0.2, 0) is 6.54 Å². The van der Waals surface area contributed by atoms with Crippen LogP contribution >= 0.6 is 0 Å². The molecule has 9 nitrogen and oxygen atoms in total. The first-order valence-electron chi connectivity index (χ1n) is 11.0. The molecule has 0 unspecified atom stereocenters. The summed E-state index contributed by atoms with van der Waals surface area (Å²) in [5, 5.41) is 21.5. The van der Waals surface area contributed by atoms with Gasteiger partial charge in [0.2, 0.25) is 5.95 Å². The number of aryl methyl sites for hydroxylation is 1. The number of nitrogens with one attached hydrogen (secondary N) is 1. The van der Waals surface area contributed by atoms with Crippen molar-refractivity contribution in [2.45, 2.75) is 13.0 Å². The number of nitrogens with zero attached hydrogens (tertiary/aromatic N) is 7. The number of rotatable bonds is 7. The minimum Gasteiger partial charge on any atom is -0.396 e. The molecule has 9 heteroatoms. The average molecular weight is 433 g/mol. The number of anilines is 3. The Morgan fingerprint density at radius 2 is 1.94 bits per heavy atom. The molecule has 4 aromatic rings. The summed E-state index contributed by atoms with van der Waals surface area (Å²) in [6.07, 6.45) is 6.30. The molecule has 2 N–H and O–H groups in total. The van der Waals surface area contributed by atoms with E-state index in [9.17, 15) is 0 Å². The Bertz CT molecular complexity index is 1190. The number of piperazine rings is 1. The van der Waals surface area contributed by atoms with Crippen molar-refractivity contribution >= 4 is 22.8 Å². The summed E-state index contributed by atoms with van der Waals surface area (Å²) in [6.45, 7) is 5.05. The zero-order valence-corrected chi connectivity index (χ0v) is 18.2. The normalized spacial score (nSPS) is 14.9. The lowest BCUT2D eigenvalue weighted by Crippen LogP contribution is -2.44. The van der Waals surface area contributed by atoms with Gasteiger partial charge < -0.3 is 20.2 Å². The number of aliphatic hydroxyl groups excluding tert-OH is 1. The molecular formula is C23H28N8O. The van der Waals surface area contributed by atoms with Gasteiger partial charge in [0.25, 0.3) is 0 Å². The molecule has 0 atom stereocenters. The molecule has 0 spiro atoms. The molecule has 0 saturated carbocycles. The van der Waals surface area contributed by atoms with Gasteiger partial charge >= 0.3 is 0 Å². The van der Waals surface area contributed by atoms with Crippen LogP contribution in [0.1, 0.15) is 6.42 Å². The molecular weight excluding hydrogens is 404 g/mol. The smallest absolute Gasteiger partial charge is 0.245 e. The van der Waals surface area contributed by atoms with Crippen LogP contribution in [-0.4, -0.2) is 74.2 Å². The van der Waals surface area contributed by atoms with Crippen molar-refractivity contribution in [3.8, 4) is 11.3 Å². The van der Waals surface area contributed by atoms with Gasteiger partial charge in [-0.25, -0.2) is 9.50 Å². The van der Waals surface area contributed by atoms with Crippen LogP contribution in [0.3, 0.4) is 0 Å². The second-order valence-electron chi connectivity index (χ2n) is 8.17. The third kappa shape index (κ3) is 4.30. The Kier molecular flexibility index (Phi) is 5.74. The molecule has 166 valence electrons. The third-order valence-electron chi connectivity index (χ3n) is 5.84. The quantitative estimate of drug-likeness (QED) is 0.464. The molecule has 0 radical (unpaired) electrons. The summed E-state index contributed by atoms with van der Waals surface area (Å²) in [7, 11) is 2.17. The fourth-order valence-electron chi connectivity index (χ4n) is 4.00. The van der Waals surface area contributed by atoms with Crippen molar-refractivity contribution in [3.63, 3.8) is 0 Å². The number of fused-ring (bicyclic) bond motifs is 1. The summed E-state index contributed by atoms with van der Waals surface area (Å²) >= 11 is 0. The Morgan fingerprint density at radius 3 is 2.78 bits per heavy atom. The van der Waals surface area contributed by atoms with Gasteiger partial charge in [0.05, 0.1) is 23.6 Å². The number of likely N-dealkylation sites (N-methyl/N-ethyl adjacent to an activating group) is 1. The van der Waals surface area contributed by atoms with E-state index in [0.29, 0.717) is 18.9 Å². The summed E-state index contributed by atoms with van der Waals surface area (Å²) in [6, 6.07) is 12.4. The molecule has 0 amide bonds. The molecule has 0 bridgehead atoms. The molecule has 32 heavy (non-hydrogen) atoms. The van der Waals surface area contributed by atoms with E-state index in [4.69, 9.17) is 10.2 Å². The maximum atomic E-state index is 9.04. The van der Waals surface area contributed by atoms with Crippen molar-refractivity contribution in [2.75, 3.05) is 50.1 Å². The minimum atomic E-state index is 0.154. The fraction of sp³-hybridized carbons (Fsp3) is 0.348. The Hall–Kier alpha value is -3.43. The third-order valence-corrected chi connectivity index (χ3v) is 5.84. The number of aromatic nitrogens is 5. The standard InChI is InChI=1S/C23H28N8O/c1-28-9-11-29(12-10-28)20-5-2-4-19(14-20)26-23-24-16-21-6-7-22(31(21)27-23)18-15-25-30(17-18)8-3-13-32/h2,4-7,14-17,32H,3,8-13H2,1H3,(H,26,27). The molecule has 4 heterocycles. The van der Waals surface area contributed by atoms with Gasteiger partial charge in [-0.2, -0.15) is 5.10 Å². The summed E-state index contributed by atoms with van der Waals surface area (Å²) in [4.78, 5) is 9.26. The van der Waals surface area contributed by atoms with Crippen LogP contribution in [0.4, 0.5) is 17.3 Å². The van der Waals surface area contributed by atoms with Crippen LogP contribution in [0.15, 0.2) is 55.0 Å². The van der Waals surface area contributed by atoms with E-state index in [1.54, 1.807) is 0 Å². The highest BCUT2D eigenvalue weighted by molar-refractivity contribution is 5.66. The number of aliphatic hydroxyl groups is 1. The van der Waals surface area contributed by atoms with Gasteiger partial charge in [0.1, 0.15) is 0 Å². The maximum absolute atomic E-state index is 9.04. The molecule has 1 aliphatic heterocycles. The summed E-state index contributed by atoms with van der Waals surface area (Å²) in [5.41, 5.74) is 5.02. The molecule has 1 saturated heterocycles. The SMILES string of the molecule is CN1CCN(c2cccc(Nc3ncc4ccc(-c5cnn(CCCO)c5)n4n3)c2)CC1. The number of hydrogen-bond donors (Lipinski definition) is 2. The van der Waals surface area contributed by atoms with Gasteiger partial charge in [-0.1, -0.05) is 6.07 Å². The van der Waals surface area contributed by atoms with Crippen LogP contribution in [0.2, 0.25) is 0 Å². The Morgan fingerprint density at radius 1 is 1.06 bits per heavy atom. The second-order valence-corrected chi connectivity index (χ2v) is 8.17. The minimum absolute atomic E-state index is 0.154. The molecule has 1 fully saturated rings. The van der Waals surface area contributed by atoms with Crippen LogP contribution in [0.5, 0.6) is 0 Å². The zero-order chi connectivity index (χ0) is 21.9. The van der Waals surface area contributed by atoms with Crippen molar-refractivity contribution in [2.24, 2.45) is 0 Å². The predicted molar refractivity (Wildman–Crippen MR) is 125 cm³/mol. The van der Waals surface area contributed by atoms with Crippen molar-refractivity contribution in [3.05, 3.63) is 55.0 Å². The van der Waals surface area contributed by atoms with E-state index < -0.39 is 0 Å². The highest BCUT2D eigenvalue weighted by atomic mass is 16.3. The van der Waals surface area contributed by atoms with Gasteiger partial charge in [0, 0.05) is 62.5 Å². The van der Waals surface area contributed by atoms with Crippen molar-refractivity contribution in [1.29, 1.82) is 0 Å². The van der Waals surface area contributed by atoms with E-state index in [1.165, 1.54) is 5.69 Å². The first-order chi connectivity index (χ1) is 15.7. The van der Waals surface area contributed by atoms with E-state index >= 15 is 0 Å². The predicted octanol–water partition coefficient (Wildman–Crippen LogP) is 2.47. The second kappa shape index (κ2) is 8.97. The zero-order valence-electron chi connectivity index (χ0n) is 18.2. The van der Waals surface area contributed by atoms with E-state index in [-0.39, 0.29) is 6.61 Å². The first kappa shape index (κ1) is 20.5. The molecule has 3 aromatic heterocycles. The van der Waals surface area contributed by atoms with E-state index in [2.05, 4.69) is 50.4 Å². The van der Waals surface area contributed by atoms with Gasteiger partial charge in [-0.05, 0) is 43.8 Å². The van der Waals surface area contributed by atoms with Crippen molar-refractivity contribution < 1.29 is 5.11 Å². The molecule has 0 aliphatic carbocycles. The van der Waals surface area contributed by atoms with Gasteiger partial charge in [-0.15, -0.1) is 5.10 Å². The van der Waals surface area contributed by atoms with Crippen LogP contribution in [0, 0.1) is 0 Å². The Labute approximate surface area is 186 Å². The van der Waals surface area contributed by atoms with Crippen molar-refractivity contribution in [1.82, 2.24) is 29.3 Å². The van der Waals surface area contributed by atoms with Crippen LogP contribution < -0.4 is 10.2 Å². The first-order valence-corrected chi connectivity index (χ1v) is 11.0. The summed E-state index contributed by atoms with van der Waals surface area (Å²) < 4.78 is 3.72. The lowest BCUT2D eigenvalue weighted by atomic mass is 10.2. The van der Waals surface area contributed by atoms with E-state index in [0.717, 1.165) is 48.6 Å². The largest absolute Gasteiger partial charge is 0.396 e. The van der Waals surface area contributed by atoms with Gasteiger partial charge in [-0.3, -0.25) is 4.68 Å². The number of benzene rings is 1.